The van der Waals surface area contributed by atoms with E-state index in [2.05, 4.69) is 4.98 Å². The molecule has 1 fully saturated rings. The Morgan fingerprint density at radius 2 is 1.88 bits per heavy atom. The minimum absolute atomic E-state index is 0.0925. The van der Waals surface area contributed by atoms with Crippen LogP contribution >= 0.6 is 0 Å². The zero-order valence-electron chi connectivity index (χ0n) is 14.4. The van der Waals surface area contributed by atoms with Crippen LogP contribution in [0.2, 0.25) is 0 Å². The van der Waals surface area contributed by atoms with Gasteiger partial charge >= 0.3 is 0 Å². The zero-order valence-corrected chi connectivity index (χ0v) is 15.2. The van der Waals surface area contributed by atoms with Gasteiger partial charge in [-0.15, -0.1) is 0 Å². The monoisotopic (exact) mass is 349 g/mol. The number of rotatable bonds is 3. The highest BCUT2D eigenvalue weighted by atomic mass is 32.2. The molecule has 0 saturated carbocycles. The lowest BCUT2D eigenvalue weighted by Gasteiger charge is -2.42. The smallest absolute Gasteiger partial charge is 0.262 e. The zero-order chi connectivity index (χ0) is 17.5. The number of hydrogen-bond acceptors (Lipinski definition) is 4. The van der Waals surface area contributed by atoms with Gasteiger partial charge in [0.05, 0.1) is 18.8 Å². The maximum Gasteiger partial charge on any atom is 0.262 e. The van der Waals surface area contributed by atoms with Crippen LogP contribution in [-0.2, 0) is 21.8 Å². The van der Waals surface area contributed by atoms with E-state index in [1.54, 1.807) is 24.7 Å². The van der Waals surface area contributed by atoms with Crippen LogP contribution in [-0.4, -0.2) is 41.0 Å². The van der Waals surface area contributed by atoms with Gasteiger partial charge in [0.25, 0.3) is 10.0 Å². The molecule has 7 heteroatoms. The van der Waals surface area contributed by atoms with Crippen molar-refractivity contribution in [2.24, 2.45) is 7.05 Å². The molecule has 2 heterocycles. The Morgan fingerprint density at radius 3 is 2.46 bits per heavy atom. The Morgan fingerprint density at radius 1 is 1.21 bits per heavy atom. The third-order valence-electron chi connectivity index (χ3n) is 4.55. The Hall–Kier alpha value is -1.70. The molecule has 1 aromatic heterocycles. The fourth-order valence-electron chi connectivity index (χ4n) is 3.22. The topological polar surface area (TPSA) is 64.4 Å². The molecule has 0 N–H and O–H groups in total. The van der Waals surface area contributed by atoms with E-state index >= 15 is 0 Å². The summed E-state index contributed by atoms with van der Waals surface area (Å²) in [5, 5.41) is 0.0925. The van der Waals surface area contributed by atoms with Crippen molar-refractivity contribution in [3.63, 3.8) is 0 Å². The van der Waals surface area contributed by atoms with E-state index in [0.717, 1.165) is 5.56 Å². The van der Waals surface area contributed by atoms with Crippen LogP contribution in [0.5, 0.6) is 0 Å². The largest absolute Gasteiger partial charge is 0.370 e. The fraction of sp³-hybridized carbons (Fsp3) is 0.471. The van der Waals surface area contributed by atoms with Crippen molar-refractivity contribution in [3.8, 4) is 0 Å². The van der Waals surface area contributed by atoms with Crippen molar-refractivity contribution in [1.29, 1.82) is 0 Å². The Labute approximate surface area is 143 Å². The molecule has 3 rings (SSSR count). The van der Waals surface area contributed by atoms with Crippen LogP contribution in [0.15, 0.2) is 41.6 Å². The first-order valence-electron chi connectivity index (χ1n) is 8.02. The van der Waals surface area contributed by atoms with Crippen molar-refractivity contribution < 1.29 is 13.2 Å². The highest BCUT2D eigenvalue weighted by Crippen LogP contribution is 2.34. The van der Waals surface area contributed by atoms with Crippen LogP contribution < -0.4 is 0 Å². The van der Waals surface area contributed by atoms with E-state index in [4.69, 9.17) is 4.74 Å². The second-order valence-electron chi connectivity index (χ2n) is 6.33. The number of aromatic nitrogens is 2. The first-order chi connectivity index (χ1) is 11.3. The summed E-state index contributed by atoms with van der Waals surface area (Å²) in [6.45, 7) is 5.90. The predicted molar refractivity (Wildman–Crippen MR) is 91.0 cm³/mol. The molecular formula is C17H23N3O3S. The molecule has 1 aliphatic heterocycles. The molecule has 0 amide bonds. The summed E-state index contributed by atoms with van der Waals surface area (Å²) in [5.74, 6) is 0.668. The van der Waals surface area contributed by atoms with Crippen LogP contribution in [0, 0.1) is 6.92 Å². The molecule has 0 bridgehead atoms. The van der Waals surface area contributed by atoms with Crippen molar-refractivity contribution >= 4 is 10.0 Å². The second-order valence-corrected chi connectivity index (χ2v) is 8.12. The van der Waals surface area contributed by atoms with Gasteiger partial charge in [0.15, 0.2) is 5.03 Å². The molecule has 0 spiro atoms. The summed E-state index contributed by atoms with van der Waals surface area (Å²) in [6.07, 6.45) is 1.28. The normalized spacial score (nSPS) is 25.8. The van der Waals surface area contributed by atoms with E-state index in [1.165, 1.54) is 4.31 Å². The molecule has 0 unspecified atom stereocenters. The maximum atomic E-state index is 13.1. The van der Waals surface area contributed by atoms with E-state index in [1.807, 2.05) is 44.2 Å². The number of nitrogens with zero attached hydrogens (tertiary/aromatic N) is 3. The summed E-state index contributed by atoms with van der Waals surface area (Å²) >= 11 is 0. The van der Waals surface area contributed by atoms with E-state index in [0.29, 0.717) is 12.4 Å². The number of morpholine rings is 1. The van der Waals surface area contributed by atoms with Crippen LogP contribution in [0.4, 0.5) is 0 Å². The van der Waals surface area contributed by atoms with Gasteiger partial charge in [-0.3, -0.25) is 0 Å². The van der Waals surface area contributed by atoms with Crippen LogP contribution in [0.3, 0.4) is 0 Å². The Balaban J connectivity index is 1.98. The molecule has 6 nitrogen and oxygen atoms in total. The number of hydrogen-bond donors (Lipinski definition) is 0. The van der Waals surface area contributed by atoms with Gasteiger partial charge < -0.3 is 9.30 Å². The number of imidazole rings is 1. The molecule has 2 aromatic rings. The Kier molecular flexibility index (Phi) is 4.50. The molecule has 24 heavy (non-hydrogen) atoms. The second kappa shape index (κ2) is 6.31. The highest BCUT2D eigenvalue weighted by Gasteiger charge is 2.42. The summed E-state index contributed by atoms with van der Waals surface area (Å²) in [6, 6.07) is 9.18. The van der Waals surface area contributed by atoms with Gasteiger partial charge in [0, 0.05) is 19.3 Å². The first kappa shape index (κ1) is 17.1. The number of benzene rings is 1. The summed E-state index contributed by atoms with van der Waals surface area (Å²) < 4.78 is 35.5. The average molecular weight is 349 g/mol. The lowest BCUT2D eigenvalue weighted by Crippen LogP contribution is -2.53. The molecule has 1 saturated heterocycles. The average Bonchev–Trinajstić information content (AvgIpc) is 2.88. The van der Waals surface area contributed by atoms with Crippen molar-refractivity contribution in [2.75, 3.05) is 6.61 Å². The molecule has 1 aromatic carbocycles. The molecule has 0 radical (unpaired) electrons. The fourth-order valence-corrected chi connectivity index (χ4v) is 5.06. The predicted octanol–water partition coefficient (Wildman–Crippen LogP) is 2.27. The van der Waals surface area contributed by atoms with E-state index in [9.17, 15) is 8.42 Å². The highest BCUT2D eigenvalue weighted by molar-refractivity contribution is 7.89. The SMILES string of the molecule is Cc1nc(S(=O)(=O)N2[C@H](C)CO[C@@H](c3ccccc3)[C@H]2C)cn1C. The van der Waals surface area contributed by atoms with Crippen LogP contribution in [0.1, 0.15) is 31.3 Å². The van der Waals surface area contributed by atoms with Gasteiger partial charge in [-0.05, 0) is 26.3 Å². The van der Waals surface area contributed by atoms with Crippen LogP contribution in [0.25, 0.3) is 0 Å². The van der Waals surface area contributed by atoms with Crippen molar-refractivity contribution in [1.82, 2.24) is 13.9 Å². The lowest BCUT2D eigenvalue weighted by molar-refractivity contribution is -0.0618. The number of ether oxygens (including phenoxy) is 1. The van der Waals surface area contributed by atoms with Crippen molar-refractivity contribution in [3.05, 3.63) is 47.9 Å². The molecule has 0 aliphatic carbocycles. The van der Waals surface area contributed by atoms with Crippen molar-refractivity contribution in [2.45, 2.75) is 44.0 Å². The van der Waals surface area contributed by atoms with Gasteiger partial charge in [-0.25, -0.2) is 13.4 Å². The van der Waals surface area contributed by atoms with E-state index < -0.39 is 10.0 Å². The standard InChI is InChI=1S/C17H23N3O3S/c1-12-11-23-17(15-8-6-5-7-9-15)13(2)20(12)24(21,22)16-10-19(4)14(3)18-16/h5-10,12-13,17H,11H2,1-4H3/t12-,13-,17-/m1/s1. The minimum Gasteiger partial charge on any atom is -0.370 e. The number of aryl methyl sites for hydroxylation is 2. The third-order valence-corrected chi connectivity index (χ3v) is 6.52. The Bertz CT molecular complexity index is 797. The molecule has 130 valence electrons. The van der Waals surface area contributed by atoms with Gasteiger partial charge in [-0.2, -0.15) is 4.31 Å². The quantitative estimate of drug-likeness (QED) is 0.853. The minimum atomic E-state index is -3.68. The maximum absolute atomic E-state index is 13.1. The lowest BCUT2D eigenvalue weighted by atomic mass is 10.0. The van der Waals surface area contributed by atoms with E-state index in [-0.39, 0.29) is 23.2 Å². The van der Waals surface area contributed by atoms with Gasteiger partial charge in [0.1, 0.15) is 5.82 Å². The van der Waals surface area contributed by atoms with Gasteiger partial charge in [-0.1, -0.05) is 30.3 Å². The summed E-state index contributed by atoms with van der Waals surface area (Å²) in [5.41, 5.74) is 0.981. The summed E-state index contributed by atoms with van der Waals surface area (Å²) in [4.78, 5) is 4.22. The summed E-state index contributed by atoms with van der Waals surface area (Å²) in [7, 11) is -1.89. The third kappa shape index (κ3) is 2.87. The molecule has 3 atom stereocenters. The van der Waals surface area contributed by atoms with Gasteiger partial charge in [0.2, 0.25) is 0 Å². The first-order valence-corrected chi connectivity index (χ1v) is 9.46. The molecular weight excluding hydrogens is 326 g/mol. The number of sulfonamides is 1. The molecule has 1 aliphatic rings.